The van der Waals surface area contributed by atoms with Gasteiger partial charge < -0.3 is 10.6 Å². The predicted octanol–water partition coefficient (Wildman–Crippen LogP) is 5.83. The number of anilines is 3. The van der Waals surface area contributed by atoms with Crippen molar-refractivity contribution in [3.63, 3.8) is 0 Å². The number of allylic oxidation sites excluding steroid dienone is 4. The highest BCUT2D eigenvalue weighted by Crippen LogP contribution is 2.35. The van der Waals surface area contributed by atoms with Crippen LogP contribution >= 0.6 is 0 Å². The molecule has 0 aliphatic rings. The fraction of sp³-hybridized carbons (Fsp3) is 0.143. The van der Waals surface area contributed by atoms with Crippen LogP contribution in [-0.2, 0) is 0 Å². The summed E-state index contributed by atoms with van der Waals surface area (Å²) in [6.07, 6.45) is 6.03. The summed E-state index contributed by atoms with van der Waals surface area (Å²) in [5.41, 5.74) is 2.38. The maximum Gasteiger partial charge on any atom is 0.173 e. The Morgan fingerprint density at radius 1 is 1.04 bits per heavy atom. The SMILES string of the molecule is C/C=C(\C(F)=C/C)c1nc2cc(NC)ccc2c(Nc2ccncc2)c1F. The molecule has 0 atom stereocenters. The van der Waals surface area contributed by atoms with Gasteiger partial charge in [0.15, 0.2) is 5.82 Å². The number of nitrogens with zero attached hydrogens (tertiary/aromatic N) is 2. The molecule has 0 aliphatic heterocycles. The van der Waals surface area contributed by atoms with Crippen molar-refractivity contribution >= 4 is 33.5 Å². The number of hydrogen-bond donors (Lipinski definition) is 2. The monoisotopic (exact) mass is 366 g/mol. The van der Waals surface area contributed by atoms with Crippen LogP contribution in [-0.4, -0.2) is 17.0 Å². The smallest absolute Gasteiger partial charge is 0.173 e. The van der Waals surface area contributed by atoms with Crippen molar-refractivity contribution in [3.05, 3.63) is 72.2 Å². The van der Waals surface area contributed by atoms with Crippen LogP contribution in [0.3, 0.4) is 0 Å². The third kappa shape index (κ3) is 3.65. The summed E-state index contributed by atoms with van der Waals surface area (Å²) in [6.45, 7) is 3.22. The summed E-state index contributed by atoms with van der Waals surface area (Å²) in [5.74, 6) is -1.13. The van der Waals surface area contributed by atoms with Gasteiger partial charge in [0.05, 0.1) is 11.2 Å². The molecular weight excluding hydrogens is 346 g/mol. The topological polar surface area (TPSA) is 49.8 Å². The largest absolute Gasteiger partial charge is 0.388 e. The molecule has 0 fully saturated rings. The summed E-state index contributed by atoms with van der Waals surface area (Å²) in [5, 5.41) is 6.72. The van der Waals surface area contributed by atoms with Crippen LogP contribution in [0.5, 0.6) is 0 Å². The van der Waals surface area contributed by atoms with Gasteiger partial charge in [-0.15, -0.1) is 0 Å². The molecule has 0 saturated carbocycles. The molecule has 0 amide bonds. The molecule has 6 heteroatoms. The zero-order valence-electron chi connectivity index (χ0n) is 15.3. The number of nitrogens with one attached hydrogen (secondary N) is 2. The van der Waals surface area contributed by atoms with Gasteiger partial charge in [-0.2, -0.15) is 0 Å². The second-order valence-corrected chi connectivity index (χ2v) is 5.83. The van der Waals surface area contributed by atoms with Crippen LogP contribution in [0.1, 0.15) is 19.5 Å². The average Bonchev–Trinajstić information content (AvgIpc) is 2.71. The van der Waals surface area contributed by atoms with Crippen molar-refractivity contribution in [1.82, 2.24) is 9.97 Å². The third-order valence-corrected chi connectivity index (χ3v) is 4.22. The molecule has 0 aliphatic carbocycles. The van der Waals surface area contributed by atoms with Crippen LogP contribution < -0.4 is 10.6 Å². The van der Waals surface area contributed by atoms with Crippen molar-refractivity contribution in [2.24, 2.45) is 0 Å². The standard InChI is InChI=1S/C21H20F2N4/c1-4-15(17(22)5-2)20-19(23)21(26-13-8-10-25-11-9-13)16-7-6-14(24-3)12-18(16)27-20/h4-12,24H,1-3H3,(H,25,26,27)/b15-4+,17-5+. The van der Waals surface area contributed by atoms with Gasteiger partial charge in [0.2, 0.25) is 0 Å². The van der Waals surface area contributed by atoms with E-state index in [0.717, 1.165) is 5.69 Å². The van der Waals surface area contributed by atoms with Gasteiger partial charge in [-0.1, -0.05) is 12.2 Å². The summed E-state index contributed by atoms with van der Waals surface area (Å²) in [7, 11) is 1.79. The molecule has 0 unspecified atom stereocenters. The Balaban J connectivity index is 2.29. The molecule has 0 spiro atoms. The molecule has 1 aromatic carbocycles. The molecule has 3 rings (SSSR count). The van der Waals surface area contributed by atoms with Gasteiger partial charge in [-0.25, -0.2) is 13.8 Å². The lowest BCUT2D eigenvalue weighted by Crippen LogP contribution is -2.04. The van der Waals surface area contributed by atoms with Gasteiger partial charge in [-0.3, -0.25) is 4.98 Å². The van der Waals surface area contributed by atoms with E-state index in [-0.39, 0.29) is 17.0 Å². The van der Waals surface area contributed by atoms with E-state index in [1.54, 1.807) is 57.6 Å². The number of halogens is 2. The lowest BCUT2D eigenvalue weighted by Gasteiger charge is -2.15. The molecule has 4 nitrogen and oxygen atoms in total. The van der Waals surface area contributed by atoms with Gasteiger partial charge in [0.1, 0.15) is 11.5 Å². The number of rotatable bonds is 5. The van der Waals surface area contributed by atoms with Crippen molar-refractivity contribution < 1.29 is 8.78 Å². The molecule has 2 aromatic heterocycles. The average molecular weight is 366 g/mol. The first-order valence-corrected chi connectivity index (χ1v) is 8.56. The molecular formula is C21H20F2N4. The molecule has 2 N–H and O–H groups in total. The van der Waals surface area contributed by atoms with E-state index in [2.05, 4.69) is 20.6 Å². The van der Waals surface area contributed by atoms with Gasteiger partial charge >= 0.3 is 0 Å². The minimum absolute atomic E-state index is 0.0367. The number of pyridine rings is 2. The van der Waals surface area contributed by atoms with Crippen LogP contribution in [0.4, 0.5) is 25.8 Å². The highest BCUT2D eigenvalue weighted by atomic mass is 19.1. The molecule has 138 valence electrons. The van der Waals surface area contributed by atoms with E-state index >= 15 is 4.39 Å². The van der Waals surface area contributed by atoms with Crippen molar-refractivity contribution in [3.8, 4) is 0 Å². The normalized spacial score (nSPS) is 12.3. The Labute approximate surface area is 156 Å². The third-order valence-electron chi connectivity index (χ3n) is 4.22. The van der Waals surface area contributed by atoms with E-state index in [9.17, 15) is 4.39 Å². The second-order valence-electron chi connectivity index (χ2n) is 5.83. The van der Waals surface area contributed by atoms with Gasteiger partial charge in [-0.05, 0) is 44.2 Å². The van der Waals surface area contributed by atoms with E-state index < -0.39 is 11.6 Å². The maximum absolute atomic E-state index is 15.4. The summed E-state index contributed by atoms with van der Waals surface area (Å²) in [4.78, 5) is 8.38. The highest BCUT2D eigenvalue weighted by molar-refractivity contribution is 5.97. The lowest BCUT2D eigenvalue weighted by molar-refractivity contribution is 0.617. The Bertz CT molecular complexity index is 1030. The van der Waals surface area contributed by atoms with E-state index in [1.165, 1.54) is 12.2 Å². The Morgan fingerprint density at radius 2 is 1.78 bits per heavy atom. The van der Waals surface area contributed by atoms with Gasteiger partial charge in [0.25, 0.3) is 0 Å². The van der Waals surface area contributed by atoms with Crippen molar-refractivity contribution in [2.45, 2.75) is 13.8 Å². The minimum atomic E-state index is -0.610. The Hall–Kier alpha value is -3.28. The van der Waals surface area contributed by atoms with Crippen LogP contribution in [0.15, 0.2) is 60.7 Å². The second kappa shape index (κ2) is 7.95. The molecule has 2 heterocycles. The van der Waals surface area contributed by atoms with Crippen molar-refractivity contribution in [2.75, 3.05) is 17.7 Å². The maximum atomic E-state index is 15.4. The number of fused-ring (bicyclic) bond motifs is 1. The first-order chi connectivity index (χ1) is 13.1. The van der Waals surface area contributed by atoms with E-state index in [4.69, 9.17) is 0 Å². The number of aromatic nitrogens is 2. The minimum Gasteiger partial charge on any atom is -0.388 e. The summed E-state index contributed by atoms with van der Waals surface area (Å²) < 4.78 is 29.7. The lowest BCUT2D eigenvalue weighted by atomic mass is 10.0. The molecule has 3 aromatic rings. The Morgan fingerprint density at radius 3 is 2.41 bits per heavy atom. The first kappa shape index (κ1) is 18.5. The Kier molecular flexibility index (Phi) is 5.45. The molecule has 0 radical (unpaired) electrons. The number of benzene rings is 1. The molecule has 0 bridgehead atoms. The quantitative estimate of drug-likeness (QED) is 0.558. The fourth-order valence-electron chi connectivity index (χ4n) is 2.82. The fourth-order valence-corrected chi connectivity index (χ4v) is 2.82. The van der Waals surface area contributed by atoms with Crippen LogP contribution in [0.25, 0.3) is 16.5 Å². The molecule has 0 saturated heterocycles. The predicted molar refractivity (Wildman–Crippen MR) is 107 cm³/mol. The zero-order valence-corrected chi connectivity index (χ0v) is 15.3. The van der Waals surface area contributed by atoms with Crippen molar-refractivity contribution in [1.29, 1.82) is 0 Å². The van der Waals surface area contributed by atoms with Gasteiger partial charge in [0, 0.05) is 41.8 Å². The first-order valence-electron chi connectivity index (χ1n) is 8.56. The van der Waals surface area contributed by atoms with E-state index in [0.29, 0.717) is 16.6 Å². The summed E-state index contributed by atoms with van der Waals surface area (Å²) >= 11 is 0. The highest BCUT2D eigenvalue weighted by Gasteiger charge is 2.20. The van der Waals surface area contributed by atoms with Crippen LogP contribution in [0, 0.1) is 5.82 Å². The van der Waals surface area contributed by atoms with Crippen LogP contribution in [0.2, 0.25) is 0 Å². The zero-order chi connectivity index (χ0) is 19.4. The van der Waals surface area contributed by atoms with E-state index in [1.807, 2.05) is 6.07 Å². The number of hydrogen-bond acceptors (Lipinski definition) is 4. The summed E-state index contributed by atoms with van der Waals surface area (Å²) in [6, 6.07) is 8.89. The molecule has 27 heavy (non-hydrogen) atoms.